The number of esters is 4. The number of carbonyl (C=O) groups excluding carboxylic acids is 4. The molecule has 262 valence electrons. The lowest BCUT2D eigenvalue weighted by Crippen LogP contribution is -2.59. The lowest BCUT2D eigenvalue weighted by molar-refractivity contribution is -0.254. The zero-order valence-corrected chi connectivity index (χ0v) is 28.4. The third-order valence-electron chi connectivity index (χ3n) is 8.48. The summed E-state index contributed by atoms with van der Waals surface area (Å²) in [6.45, 7) is 6.68. The average molecular weight is 695 g/mol. The molecule has 2 aromatic carbocycles. The van der Waals surface area contributed by atoms with Gasteiger partial charge in [0.15, 0.2) is 18.3 Å². The zero-order valence-electron chi connectivity index (χ0n) is 27.6. The summed E-state index contributed by atoms with van der Waals surface area (Å²) in [6, 6.07) is 12.5. The largest absolute Gasteiger partial charge is 0.493 e. The normalized spacial score (nSPS) is 24.5. The molecule has 0 amide bonds. The van der Waals surface area contributed by atoms with Gasteiger partial charge in [0.1, 0.15) is 24.6 Å². The third-order valence-corrected chi connectivity index (χ3v) is 8.85. The van der Waals surface area contributed by atoms with Gasteiger partial charge in [0.05, 0.1) is 6.61 Å². The number of hydrogen-bond donors (Lipinski definition) is 0. The van der Waals surface area contributed by atoms with Gasteiger partial charge in [0.2, 0.25) is 5.92 Å². The molecule has 0 spiro atoms. The van der Waals surface area contributed by atoms with E-state index in [0.717, 1.165) is 19.4 Å². The number of halogens is 3. The highest BCUT2D eigenvalue weighted by Crippen LogP contribution is 2.44. The predicted molar refractivity (Wildman–Crippen MR) is 169 cm³/mol. The SMILES string of the molecule is CC(=O)OC[C@H]1O[C@@H](c2ccc(Cl)c(Cc3ccc(OCC4(C)CCC(F)(F)CC4)cc3)c2)[C@H](OC(C)=O)[C@@H](OC(C)=O)[C@@H]1OC(C)=O. The molecule has 1 aliphatic heterocycles. The molecule has 1 saturated heterocycles. The smallest absolute Gasteiger partial charge is 0.303 e. The second kappa shape index (κ2) is 15.6. The highest BCUT2D eigenvalue weighted by atomic mass is 35.5. The lowest BCUT2D eigenvalue weighted by atomic mass is 9.75. The molecule has 4 rings (SSSR count). The first-order valence-electron chi connectivity index (χ1n) is 15.7. The second-order valence-corrected chi connectivity index (χ2v) is 13.2. The maximum Gasteiger partial charge on any atom is 0.303 e. The van der Waals surface area contributed by atoms with E-state index >= 15 is 0 Å². The third kappa shape index (κ3) is 10.1. The van der Waals surface area contributed by atoms with Crippen molar-refractivity contribution < 1.29 is 56.4 Å². The van der Waals surface area contributed by atoms with Crippen molar-refractivity contribution in [2.75, 3.05) is 13.2 Å². The molecule has 0 aromatic heterocycles. The molecule has 1 aliphatic carbocycles. The standard InChI is InChI=1S/C35H41ClF2O10/c1-20(39)43-18-29-31(45-21(2)40)33(47-23(4)42)32(46-22(3)41)30(48-29)25-8-11-28(36)26(17-25)16-24-6-9-27(10-7-24)44-19-34(5)12-14-35(37,38)15-13-34/h6-11,17,29-33H,12-16,18-19H2,1-5H3/t29-,30+,31-,32+,33+/m1/s1. The molecule has 0 radical (unpaired) electrons. The molecule has 2 aliphatic rings. The minimum atomic E-state index is -2.60. The quantitative estimate of drug-likeness (QED) is 0.195. The number of alkyl halides is 2. The summed E-state index contributed by atoms with van der Waals surface area (Å²) in [5, 5.41) is 0.451. The van der Waals surface area contributed by atoms with Crippen LogP contribution in [0.15, 0.2) is 42.5 Å². The van der Waals surface area contributed by atoms with Crippen LogP contribution in [0.2, 0.25) is 5.02 Å². The molecule has 13 heteroatoms. The monoisotopic (exact) mass is 694 g/mol. The molecular weight excluding hydrogens is 654 g/mol. The van der Waals surface area contributed by atoms with E-state index in [1.54, 1.807) is 18.2 Å². The van der Waals surface area contributed by atoms with Crippen molar-refractivity contribution in [2.24, 2.45) is 5.41 Å². The van der Waals surface area contributed by atoms with Crippen molar-refractivity contribution in [2.45, 2.75) is 103 Å². The van der Waals surface area contributed by atoms with Crippen LogP contribution in [0.1, 0.15) is 83.1 Å². The van der Waals surface area contributed by atoms with Crippen LogP contribution in [0.4, 0.5) is 8.78 Å². The first-order chi connectivity index (χ1) is 22.5. The molecule has 0 unspecified atom stereocenters. The Morgan fingerprint density at radius 1 is 0.812 bits per heavy atom. The molecule has 1 saturated carbocycles. The topological polar surface area (TPSA) is 124 Å². The number of benzene rings is 2. The van der Waals surface area contributed by atoms with Crippen LogP contribution in [0.5, 0.6) is 5.75 Å². The Morgan fingerprint density at radius 2 is 1.40 bits per heavy atom. The summed E-state index contributed by atoms with van der Waals surface area (Å²) in [5.74, 6) is -4.73. The second-order valence-electron chi connectivity index (χ2n) is 12.7. The summed E-state index contributed by atoms with van der Waals surface area (Å²) in [6.07, 6.45) is -5.02. The van der Waals surface area contributed by atoms with Gasteiger partial charge in [-0.15, -0.1) is 0 Å². The van der Waals surface area contributed by atoms with E-state index in [9.17, 15) is 28.0 Å². The van der Waals surface area contributed by atoms with Crippen molar-refractivity contribution in [1.29, 1.82) is 0 Å². The van der Waals surface area contributed by atoms with Crippen LogP contribution in [-0.4, -0.2) is 67.4 Å². The molecule has 0 N–H and O–H groups in total. The van der Waals surface area contributed by atoms with Gasteiger partial charge in [-0.05, 0) is 54.2 Å². The molecule has 2 fully saturated rings. The first kappa shape index (κ1) is 37.1. The summed E-state index contributed by atoms with van der Waals surface area (Å²) >= 11 is 6.61. The Balaban J connectivity index is 1.57. The van der Waals surface area contributed by atoms with E-state index in [1.165, 1.54) is 13.8 Å². The van der Waals surface area contributed by atoms with Crippen LogP contribution in [-0.2, 0) is 49.3 Å². The summed E-state index contributed by atoms with van der Waals surface area (Å²) in [5.41, 5.74) is 1.79. The maximum absolute atomic E-state index is 13.6. The van der Waals surface area contributed by atoms with Crippen molar-refractivity contribution in [3.63, 3.8) is 0 Å². The fraction of sp³-hybridized carbons (Fsp3) is 0.543. The first-order valence-corrected chi connectivity index (χ1v) is 16.1. The Kier molecular flexibility index (Phi) is 12.1. The average Bonchev–Trinajstić information content (AvgIpc) is 3.00. The Bertz CT molecular complexity index is 1470. The van der Waals surface area contributed by atoms with E-state index in [2.05, 4.69) is 0 Å². The zero-order chi connectivity index (χ0) is 35.2. The fourth-order valence-corrected chi connectivity index (χ4v) is 6.13. The van der Waals surface area contributed by atoms with Gasteiger partial charge in [-0.2, -0.15) is 0 Å². The number of rotatable bonds is 11. The minimum absolute atomic E-state index is 0.136. The van der Waals surface area contributed by atoms with Crippen molar-refractivity contribution >= 4 is 35.5 Å². The van der Waals surface area contributed by atoms with Crippen LogP contribution in [0.25, 0.3) is 0 Å². The molecule has 5 atom stereocenters. The van der Waals surface area contributed by atoms with E-state index in [0.29, 0.717) is 47.8 Å². The van der Waals surface area contributed by atoms with Gasteiger partial charge in [0.25, 0.3) is 0 Å². The van der Waals surface area contributed by atoms with Crippen LogP contribution < -0.4 is 4.74 Å². The summed E-state index contributed by atoms with van der Waals surface area (Å²) < 4.78 is 61.3. The van der Waals surface area contributed by atoms with E-state index in [-0.39, 0.29) is 24.9 Å². The number of hydrogen-bond acceptors (Lipinski definition) is 10. The van der Waals surface area contributed by atoms with Gasteiger partial charge in [-0.3, -0.25) is 19.2 Å². The van der Waals surface area contributed by atoms with Crippen LogP contribution in [0.3, 0.4) is 0 Å². The lowest BCUT2D eigenvalue weighted by Gasteiger charge is -2.44. The van der Waals surface area contributed by atoms with Gasteiger partial charge in [-0.1, -0.05) is 42.8 Å². The predicted octanol–water partition coefficient (Wildman–Crippen LogP) is 6.32. The number of ether oxygens (including phenoxy) is 6. The van der Waals surface area contributed by atoms with Gasteiger partial charge < -0.3 is 28.4 Å². The Hall–Kier alpha value is -3.77. The highest BCUT2D eigenvalue weighted by molar-refractivity contribution is 6.31. The maximum atomic E-state index is 13.6. The van der Waals surface area contributed by atoms with Gasteiger partial charge >= 0.3 is 23.9 Å². The van der Waals surface area contributed by atoms with Gasteiger partial charge in [0, 0.05) is 51.0 Å². The van der Waals surface area contributed by atoms with E-state index in [4.69, 9.17) is 40.0 Å². The molecule has 1 heterocycles. The van der Waals surface area contributed by atoms with Crippen molar-refractivity contribution in [3.8, 4) is 5.75 Å². The highest BCUT2D eigenvalue weighted by Gasteiger charge is 2.52. The molecule has 10 nitrogen and oxygen atoms in total. The van der Waals surface area contributed by atoms with Crippen molar-refractivity contribution in [3.05, 3.63) is 64.2 Å². The van der Waals surface area contributed by atoms with E-state index in [1.807, 2.05) is 31.2 Å². The van der Waals surface area contributed by atoms with Gasteiger partial charge in [-0.25, -0.2) is 8.78 Å². The molecular formula is C35H41ClF2O10. The summed E-state index contributed by atoms with van der Waals surface area (Å²) in [7, 11) is 0. The fourth-order valence-electron chi connectivity index (χ4n) is 5.95. The Morgan fingerprint density at radius 3 is 1.98 bits per heavy atom. The molecule has 2 aromatic rings. The number of carbonyl (C=O) groups is 4. The van der Waals surface area contributed by atoms with Crippen LogP contribution in [0, 0.1) is 5.41 Å². The van der Waals surface area contributed by atoms with Crippen molar-refractivity contribution in [1.82, 2.24) is 0 Å². The van der Waals surface area contributed by atoms with E-state index < -0.39 is 60.3 Å². The molecule has 48 heavy (non-hydrogen) atoms. The van der Waals surface area contributed by atoms with Crippen LogP contribution >= 0.6 is 11.6 Å². The minimum Gasteiger partial charge on any atom is -0.493 e. The Labute approximate surface area is 283 Å². The summed E-state index contributed by atoms with van der Waals surface area (Å²) in [4.78, 5) is 48.2. The molecule has 0 bridgehead atoms.